The van der Waals surface area contributed by atoms with Crippen LogP contribution in [0.5, 0.6) is 0 Å². The predicted octanol–water partition coefficient (Wildman–Crippen LogP) is 1.61. The van der Waals surface area contributed by atoms with E-state index < -0.39 is 15.6 Å². The van der Waals surface area contributed by atoms with Crippen LogP contribution in [-0.4, -0.2) is 61.3 Å². The average Bonchev–Trinajstić information content (AvgIpc) is 3.34. The Labute approximate surface area is 177 Å². The zero-order valence-electron chi connectivity index (χ0n) is 16.9. The normalized spacial score (nSPS) is 20.7. The number of benzene rings is 1. The van der Waals surface area contributed by atoms with Gasteiger partial charge in [0.05, 0.1) is 4.90 Å². The first-order chi connectivity index (χ1) is 14.5. The monoisotopic (exact) mass is 432 g/mol. The van der Waals surface area contributed by atoms with Gasteiger partial charge < -0.3 is 10.1 Å². The van der Waals surface area contributed by atoms with Crippen molar-refractivity contribution in [1.82, 2.24) is 19.4 Å². The number of nitrogens with one attached hydrogen (secondary N) is 1. The van der Waals surface area contributed by atoms with Crippen LogP contribution in [0.1, 0.15) is 25.7 Å². The minimum atomic E-state index is -3.58. The van der Waals surface area contributed by atoms with Gasteiger partial charge in [-0.15, -0.1) is 0 Å². The van der Waals surface area contributed by atoms with Crippen LogP contribution in [0.3, 0.4) is 0 Å². The van der Waals surface area contributed by atoms with E-state index in [2.05, 4.69) is 10.4 Å². The van der Waals surface area contributed by atoms with Crippen molar-refractivity contribution < 1.29 is 17.9 Å². The predicted molar refractivity (Wildman–Crippen MR) is 111 cm³/mol. The van der Waals surface area contributed by atoms with Gasteiger partial charge in [-0.25, -0.2) is 8.42 Å². The quantitative estimate of drug-likeness (QED) is 0.749. The summed E-state index contributed by atoms with van der Waals surface area (Å²) >= 11 is 0. The molecule has 8 nitrogen and oxygen atoms in total. The van der Waals surface area contributed by atoms with E-state index in [9.17, 15) is 13.2 Å². The summed E-state index contributed by atoms with van der Waals surface area (Å²) in [6.07, 6.45) is 6.08. The molecule has 0 bridgehead atoms. The van der Waals surface area contributed by atoms with Gasteiger partial charge in [-0.05, 0) is 49.8 Å². The van der Waals surface area contributed by atoms with Crippen molar-refractivity contribution in [3.63, 3.8) is 0 Å². The minimum Gasteiger partial charge on any atom is -0.381 e. The van der Waals surface area contributed by atoms with Gasteiger partial charge in [-0.2, -0.15) is 9.40 Å². The summed E-state index contributed by atoms with van der Waals surface area (Å²) in [7, 11) is -3.58. The highest BCUT2D eigenvalue weighted by atomic mass is 32.2. The number of hydrogen-bond donors (Lipinski definition) is 1. The van der Waals surface area contributed by atoms with E-state index in [-0.39, 0.29) is 23.9 Å². The Kier molecular flexibility index (Phi) is 6.21. The first kappa shape index (κ1) is 21.0. The van der Waals surface area contributed by atoms with Crippen LogP contribution in [0, 0.1) is 5.92 Å². The van der Waals surface area contributed by atoms with Gasteiger partial charge in [0.15, 0.2) is 0 Å². The first-order valence-corrected chi connectivity index (χ1v) is 11.9. The van der Waals surface area contributed by atoms with Crippen molar-refractivity contribution in [3.05, 3.63) is 48.8 Å². The third-order valence-electron chi connectivity index (χ3n) is 6.19. The molecule has 2 aliphatic heterocycles. The fourth-order valence-electron chi connectivity index (χ4n) is 4.27. The smallest absolute Gasteiger partial charge is 0.248 e. The Bertz CT molecular complexity index is 933. The summed E-state index contributed by atoms with van der Waals surface area (Å²) in [5.74, 6) is 0.324. The van der Waals surface area contributed by atoms with Gasteiger partial charge in [0.2, 0.25) is 15.9 Å². The zero-order chi connectivity index (χ0) is 21.0. The lowest BCUT2D eigenvalue weighted by Crippen LogP contribution is -2.56. The molecule has 2 aromatic rings. The number of aromatic nitrogens is 2. The van der Waals surface area contributed by atoms with Crippen LogP contribution in [0.2, 0.25) is 0 Å². The zero-order valence-corrected chi connectivity index (χ0v) is 17.8. The van der Waals surface area contributed by atoms with Crippen LogP contribution in [0.15, 0.2) is 53.7 Å². The number of sulfonamides is 1. The maximum absolute atomic E-state index is 13.3. The van der Waals surface area contributed by atoms with Crippen molar-refractivity contribution in [2.45, 2.75) is 36.1 Å². The number of piperidine rings is 1. The minimum absolute atomic E-state index is 0.0885. The summed E-state index contributed by atoms with van der Waals surface area (Å²) in [6.45, 7) is 2.61. The summed E-state index contributed by atoms with van der Waals surface area (Å²) in [6, 6.07) is 10.2. The third-order valence-corrected chi connectivity index (χ3v) is 8.10. The molecule has 0 aliphatic carbocycles. The van der Waals surface area contributed by atoms with Crippen molar-refractivity contribution in [1.29, 1.82) is 0 Å². The van der Waals surface area contributed by atoms with Gasteiger partial charge in [-0.1, -0.05) is 18.2 Å². The third kappa shape index (κ3) is 4.14. The number of carbonyl (C=O) groups is 1. The standard InChI is InChI=1S/C21H28N4O4S/c26-20(22-17-18-7-15-29-16-8-18)21(25-12-4-11-23-25)9-13-24(14-10-21)30(27,28)19-5-2-1-3-6-19/h1-6,11-12,18H,7-10,13-17H2,(H,22,26). The summed E-state index contributed by atoms with van der Waals surface area (Å²) in [5, 5.41) is 7.45. The van der Waals surface area contributed by atoms with E-state index in [1.54, 1.807) is 53.5 Å². The maximum Gasteiger partial charge on any atom is 0.248 e. The number of ether oxygens (including phenoxy) is 1. The van der Waals surface area contributed by atoms with Gasteiger partial charge in [0.1, 0.15) is 5.54 Å². The molecule has 1 N–H and O–H groups in total. The second-order valence-electron chi connectivity index (χ2n) is 7.97. The van der Waals surface area contributed by atoms with Crippen LogP contribution >= 0.6 is 0 Å². The molecule has 9 heteroatoms. The molecule has 4 rings (SSSR count). The van der Waals surface area contributed by atoms with Gasteiger partial charge in [0.25, 0.3) is 0 Å². The lowest BCUT2D eigenvalue weighted by molar-refractivity contribution is -0.133. The Balaban J connectivity index is 1.48. The van der Waals surface area contributed by atoms with Gasteiger partial charge in [0, 0.05) is 45.2 Å². The molecular formula is C21H28N4O4S. The molecule has 162 valence electrons. The topological polar surface area (TPSA) is 93.5 Å². The molecule has 3 heterocycles. The number of carbonyl (C=O) groups excluding carboxylic acids is 1. The fraction of sp³-hybridized carbons (Fsp3) is 0.524. The van der Waals surface area contributed by atoms with Crippen molar-refractivity contribution >= 4 is 15.9 Å². The van der Waals surface area contributed by atoms with Crippen LogP contribution < -0.4 is 5.32 Å². The summed E-state index contributed by atoms with van der Waals surface area (Å²) < 4.78 is 34.5. The summed E-state index contributed by atoms with van der Waals surface area (Å²) in [4.78, 5) is 13.6. The lowest BCUT2D eigenvalue weighted by Gasteiger charge is -2.40. The highest BCUT2D eigenvalue weighted by Gasteiger charge is 2.46. The largest absolute Gasteiger partial charge is 0.381 e. The molecule has 2 fully saturated rings. The molecule has 0 radical (unpaired) electrons. The second-order valence-corrected chi connectivity index (χ2v) is 9.90. The Morgan fingerprint density at radius 3 is 2.47 bits per heavy atom. The highest BCUT2D eigenvalue weighted by molar-refractivity contribution is 7.89. The Morgan fingerprint density at radius 1 is 1.13 bits per heavy atom. The highest BCUT2D eigenvalue weighted by Crippen LogP contribution is 2.33. The van der Waals surface area contributed by atoms with E-state index >= 15 is 0 Å². The van der Waals surface area contributed by atoms with E-state index in [4.69, 9.17) is 4.74 Å². The molecule has 0 unspecified atom stereocenters. The Morgan fingerprint density at radius 2 is 1.83 bits per heavy atom. The number of rotatable bonds is 6. The van der Waals surface area contributed by atoms with E-state index in [1.807, 2.05) is 0 Å². The van der Waals surface area contributed by atoms with Gasteiger partial charge >= 0.3 is 0 Å². The van der Waals surface area contributed by atoms with Crippen molar-refractivity contribution in [3.8, 4) is 0 Å². The molecule has 1 aromatic carbocycles. The molecule has 0 spiro atoms. The molecular weight excluding hydrogens is 404 g/mol. The van der Waals surface area contributed by atoms with Crippen LogP contribution in [-0.2, 0) is 25.1 Å². The second kappa shape index (κ2) is 8.87. The van der Waals surface area contributed by atoms with E-state index in [1.165, 1.54) is 4.31 Å². The first-order valence-electron chi connectivity index (χ1n) is 10.4. The van der Waals surface area contributed by atoms with E-state index in [0.717, 1.165) is 26.1 Å². The number of amides is 1. The fourth-order valence-corrected chi connectivity index (χ4v) is 5.73. The maximum atomic E-state index is 13.3. The molecule has 0 saturated carbocycles. The number of hydrogen-bond acceptors (Lipinski definition) is 5. The average molecular weight is 433 g/mol. The summed E-state index contributed by atoms with van der Waals surface area (Å²) in [5.41, 5.74) is -0.878. The Hall–Kier alpha value is -2.23. The molecule has 2 saturated heterocycles. The molecule has 30 heavy (non-hydrogen) atoms. The molecule has 0 atom stereocenters. The van der Waals surface area contributed by atoms with Gasteiger partial charge in [-0.3, -0.25) is 9.48 Å². The van der Waals surface area contributed by atoms with Crippen LogP contribution in [0.25, 0.3) is 0 Å². The SMILES string of the molecule is O=C(NCC1CCOCC1)C1(n2cccn2)CCN(S(=O)(=O)c2ccccc2)CC1. The molecule has 1 amide bonds. The van der Waals surface area contributed by atoms with Crippen LogP contribution in [0.4, 0.5) is 0 Å². The lowest BCUT2D eigenvalue weighted by atomic mass is 9.87. The van der Waals surface area contributed by atoms with Crippen molar-refractivity contribution in [2.75, 3.05) is 32.8 Å². The van der Waals surface area contributed by atoms with E-state index in [0.29, 0.717) is 25.3 Å². The molecule has 2 aliphatic rings. The number of nitrogens with zero attached hydrogens (tertiary/aromatic N) is 3. The molecule has 1 aromatic heterocycles. The van der Waals surface area contributed by atoms with Crippen molar-refractivity contribution in [2.24, 2.45) is 5.92 Å².